The van der Waals surface area contributed by atoms with Gasteiger partial charge in [0, 0.05) is 24.1 Å². The summed E-state index contributed by atoms with van der Waals surface area (Å²) in [5.74, 6) is 1.93. The molecular formula is C8H12N4OS2. The van der Waals surface area contributed by atoms with E-state index in [1.54, 1.807) is 0 Å². The van der Waals surface area contributed by atoms with Crippen molar-refractivity contribution in [2.45, 2.75) is 13.0 Å². The van der Waals surface area contributed by atoms with Gasteiger partial charge in [-0.3, -0.25) is 4.79 Å². The van der Waals surface area contributed by atoms with Gasteiger partial charge in [-0.2, -0.15) is 11.8 Å². The summed E-state index contributed by atoms with van der Waals surface area (Å²) in [6, 6.07) is 0.265. The zero-order valence-corrected chi connectivity index (χ0v) is 9.98. The number of anilines is 1. The molecular weight excluding hydrogens is 232 g/mol. The minimum Gasteiger partial charge on any atom is -0.374 e. The highest BCUT2D eigenvalue weighted by Gasteiger charge is 2.26. The fourth-order valence-corrected chi connectivity index (χ4v) is 3.05. The van der Waals surface area contributed by atoms with Crippen molar-refractivity contribution < 1.29 is 4.79 Å². The quantitative estimate of drug-likeness (QED) is 0.787. The second kappa shape index (κ2) is 4.36. The summed E-state index contributed by atoms with van der Waals surface area (Å²) in [7, 11) is 0. The average Bonchev–Trinajstić information content (AvgIpc) is 2.65. The zero-order valence-electron chi connectivity index (χ0n) is 8.34. The van der Waals surface area contributed by atoms with E-state index in [1.165, 1.54) is 0 Å². The second-order valence-corrected chi connectivity index (χ2v) is 5.53. The van der Waals surface area contributed by atoms with Crippen LogP contribution in [0.5, 0.6) is 0 Å². The number of nitrogens with zero attached hydrogens (tertiary/aromatic N) is 3. The van der Waals surface area contributed by atoms with Gasteiger partial charge in [-0.25, -0.2) is 0 Å². The van der Waals surface area contributed by atoms with Crippen LogP contribution in [0.1, 0.15) is 16.7 Å². The topological polar surface area (TPSA) is 72.1 Å². The minimum absolute atomic E-state index is 0.0444. The highest BCUT2D eigenvalue weighted by atomic mass is 32.2. The van der Waals surface area contributed by atoms with Gasteiger partial charge in [-0.15, -0.1) is 10.2 Å². The summed E-state index contributed by atoms with van der Waals surface area (Å²) in [5.41, 5.74) is 5.45. The molecule has 1 saturated heterocycles. The second-order valence-electron chi connectivity index (χ2n) is 3.37. The van der Waals surface area contributed by atoms with Crippen molar-refractivity contribution in [2.24, 2.45) is 0 Å². The van der Waals surface area contributed by atoms with Crippen molar-refractivity contribution in [3.63, 3.8) is 0 Å². The SMILES string of the molecule is CC1CSCCN1C(=O)c1nnc(N)s1. The lowest BCUT2D eigenvalue weighted by Crippen LogP contribution is -2.44. The largest absolute Gasteiger partial charge is 0.374 e. The average molecular weight is 244 g/mol. The molecule has 5 nitrogen and oxygen atoms in total. The molecule has 7 heteroatoms. The highest BCUT2D eigenvalue weighted by molar-refractivity contribution is 7.99. The molecule has 0 spiro atoms. The Kier molecular flexibility index (Phi) is 3.11. The number of nitrogen functional groups attached to an aromatic ring is 1. The van der Waals surface area contributed by atoms with Gasteiger partial charge in [0.25, 0.3) is 5.91 Å². The van der Waals surface area contributed by atoms with E-state index in [4.69, 9.17) is 5.73 Å². The molecule has 15 heavy (non-hydrogen) atoms. The predicted octanol–water partition coefficient (Wildman–Crippen LogP) is 0.698. The number of amides is 1. The minimum atomic E-state index is -0.0444. The summed E-state index contributed by atoms with van der Waals surface area (Å²) in [5, 5.41) is 8.16. The Balaban J connectivity index is 2.13. The van der Waals surface area contributed by atoms with Crippen molar-refractivity contribution in [1.82, 2.24) is 15.1 Å². The monoisotopic (exact) mass is 244 g/mol. The fraction of sp³-hybridized carbons (Fsp3) is 0.625. The molecule has 1 aromatic heterocycles. The number of hydrogen-bond acceptors (Lipinski definition) is 6. The Labute approximate surface area is 96.0 Å². The number of rotatable bonds is 1. The molecule has 0 radical (unpaired) electrons. The molecule has 0 saturated carbocycles. The molecule has 1 unspecified atom stereocenters. The van der Waals surface area contributed by atoms with Crippen LogP contribution in [0.3, 0.4) is 0 Å². The van der Waals surface area contributed by atoms with Crippen molar-refractivity contribution in [3.05, 3.63) is 5.01 Å². The Hall–Kier alpha value is -0.820. The lowest BCUT2D eigenvalue weighted by Gasteiger charge is -2.32. The van der Waals surface area contributed by atoms with Crippen LogP contribution < -0.4 is 5.73 Å². The molecule has 1 atom stereocenters. The van der Waals surface area contributed by atoms with E-state index in [0.717, 1.165) is 29.4 Å². The van der Waals surface area contributed by atoms with Crippen molar-refractivity contribution in [2.75, 3.05) is 23.8 Å². The first kappa shape index (κ1) is 10.7. The third-order valence-electron chi connectivity index (χ3n) is 2.25. The van der Waals surface area contributed by atoms with Gasteiger partial charge < -0.3 is 10.6 Å². The third kappa shape index (κ3) is 2.23. The van der Waals surface area contributed by atoms with E-state index in [2.05, 4.69) is 17.1 Å². The van der Waals surface area contributed by atoms with Gasteiger partial charge in [0.15, 0.2) is 0 Å². The van der Waals surface area contributed by atoms with Crippen LogP contribution >= 0.6 is 23.1 Å². The van der Waals surface area contributed by atoms with Crippen molar-refractivity contribution in [1.29, 1.82) is 0 Å². The Morgan fingerprint density at radius 3 is 3.00 bits per heavy atom. The fourth-order valence-electron chi connectivity index (χ4n) is 1.47. The molecule has 1 amide bonds. The van der Waals surface area contributed by atoms with Gasteiger partial charge in [0.1, 0.15) is 0 Å². The number of carbonyl (C=O) groups excluding carboxylic acids is 1. The molecule has 0 aliphatic carbocycles. The number of hydrogen-bond donors (Lipinski definition) is 1. The van der Waals surface area contributed by atoms with E-state index in [0.29, 0.717) is 10.1 Å². The lowest BCUT2D eigenvalue weighted by atomic mass is 10.3. The molecule has 2 heterocycles. The number of carbonyl (C=O) groups is 1. The highest BCUT2D eigenvalue weighted by Crippen LogP contribution is 2.20. The first-order chi connectivity index (χ1) is 7.18. The van der Waals surface area contributed by atoms with Gasteiger partial charge in [0.2, 0.25) is 10.1 Å². The maximum atomic E-state index is 12.0. The van der Waals surface area contributed by atoms with E-state index in [1.807, 2.05) is 16.7 Å². The lowest BCUT2D eigenvalue weighted by molar-refractivity contribution is 0.0715. The zero-order chi connectivity index (χ0) is 10.8. The molecule has 0 aromatic carbocycles. The van der Waals surface area contributed by atoms with Crippen LogP contribution in [-0.4, -0.2) is 45.1 Å². The van der Waals surface area contributed by atoms with Crippen molar-refractivity contribution in [3.8, 4) is 0 Å². The first-order valence-corrected chi connectivity index (χ1v) is 6.63. The Morgan fingerprint density at radius 2 is 2.40 bits per heavy atom. The molecule has 1 aromatic rings. The smallest absolute Gasteiger partial charge is 0.285 e. The van der Waals surface area contributed by atoms with Gasteiger partial charge >= 0.3 is 0 Å². The van der Waals surface area contributed by atoms with E-state index in [9.17, 15) is 4.79 Å². The number of nitrogens with two attached hydrogens (primary N) is 1. The van der Waals surface area contributed by atoms with E-state index >= 15 is 0 Å². The van der Waals surface area contributed by atoms with Crippen LogP contribution in [0, 0.1) is 0 Å². The first-order valence-electron chi connectivity index (χ1n) is 4.66. The molecule has 2 N–H and O–H groups in total. The standard InChI is InChI=1S/C8H12N4OS2/c1-5-4-14-3-2-12(5)7(13)6-10-11-8(9)15-6/h5H,2-4H2,1H3,(H2,9,11). The summed E-state index contributed by atoms with van der Waals surface area (Å²) >= 11 is 3.02. The Bertz CT molecular complexity index is 367. The van der Waals surface area contributed by atoms with Crippen LogP contribution in [-0.2, 0) is 0 Å². The van der Waals surface area contributed by atoms with Gasteiger partial charge in [-0.1, -0.05) is 11.3 Å². The van der Waals surface area contributed by atoms with Crippen LogP contribution in [0.2, 0.25) is 0 Å². The summed E-state index contributed by atoms with van der Waals surface area (Å²) in [6.45, 7) is 2.83. The molecule has 1 fully saturated rings. The van der Waals surface area contributed by atoms with Gasteiger partial charge in [0.05, 0.1) is 0 Å². The molecule has 2 rings (SSSR count). The maximum Gasteiger partial charge on any atom is 0.285 e. The van der Waals surface area contributed by atoms with Crippen LogP contribution in [0.4, 0.5) is 5.13 Å². The van der Waals surface area contributed by atoms with E-state index < -0.39 is 0 Å². The molecule has 82 valence electrons. The number of thioether (sulfide) groups is 1. The molecule has 1 aliphatic heterocycles. The normalized spacial score (nSPS) is 21.7. The van der Waals surface area contributed by atoms with Gasteiger partial charge in [-0.05, 0) is 6.92 Å². The summed E-state index contributed by atoms with van der Waals surface area (Å²) < 4.78 is 0. The molecule has 0 bridgehead atoms. The predicted molar refractivity (Wildman–Crippen MR) is 62.1 cm³/mol. The van der Waals surface area contributed by atoms with Crippen LogP contribution in [0.25, 0.3) is 0 Å². The Morgan fingerprint density at radius 1 is 1.60 bits per heavy atom. The third-order valence-corrected chi connectivity index (χ3v) is 4.18. The summed E-state index contributed by atoms with van der Waals surface area (Å²) in [4.78, 5) is 13.8. The van der Waals surface area contributed by atoms with Crippen molar-refractivity contribution >= 4 is 34.1 Å². The van der Waals surface area contributed by atoms with E-state index in [-0.39, 0.29) is 11.9 Å². The number of aromatic nitrogens is 2. The maximum absolute atomic E-state index is 12.0. The molecule has 1 aliphatic rings. The summed E-state index contributed by atoms with van der Waals surface area (Å²) in [6.07, 6.45) is 0. The van der Waals surface area contributed by atoms with Crippen LogP contribution in [0.15, 0.2) is 0 Å².